The Bertz CT molecular complexity index is 556. The Kier molecular flexibility index (Phi) is 8.66. The van der Waals surface area contributed by atoms with Crippen molar-refractivity contribution >= 4 is 11.8 Å². The number of carbonyl (C=O) groups excluding carboxylic acids is 2. The number of esters is 1. The van der Waals surface area contributed by atoms with Crippen molar-refractivity contribution in [3.05, 3.63) is 24.3 Å². The molecule has 0 atom stereocenters. The van der Waals surface area contributed by atoms with Crippen LogP contribution in [0.25, 0.3) is 0 Å². The summed E-state index contributed by atoms with van der Waals surface area (Å²) >= 11 is 0. The standard InChI is InChI=1S/C22H32O4/c1-3-5-7-21(23)18-10-8-17(9-11-18)16-25-19-12-14-20(15-13-19)26-22(24)6-4-2/h12-15,17-18H,3-11,16H2,1-2H3. The van der Waals surface area contributed by atoms with Gasteiger partial charge in [0.15, 0.2) is 0 Å². The highest BCUT2D eigenvalue weighted by molar-refractivity contribution is 5.81. The molecule has 144 valence electrons. The van der Waals surface area contributed by atoms with Gasteiger partial charge in [0.2, 0.25) is 0 Å². The Balaban J connectivity index is 1.69. The summed E-state index contributed by atoms with van der Waals surface area (Å²) in [7, 11) is 0. The third-order valence-electron chi connectivity index (χ3n) is 5.07. The second kappa shape index (κ2) is 11.0. The van der Waals surface area contributed by atoms with Gasteiger partial charge in [-0.2, -0.15) is 0 Å². The van der Waals surface area contributed by atoms with E-state index in [4.69, 9.17) is 9.47 Å². The summed E-state index contributed by atoms with van der Waals surface area (Å²) in [5.41, 5.74) is 0. The number of hydrogen-bond donors (Lipinski definition) is 0. The Morgan fingerprint density at radius 2 is 1.58 bits per heavy atom. The first-order chi connectivity index (χ1) is 12.6. The normalized spacial score (nSPS) is 19.8. The molecular formula is C22H32O4. The highest BCUT2D eigenvalue weighted by Crippen LogP contribution is 2.31. The molecule has 1 aliphatic carbocycles. The molecule has 1 saturated carbocycles. The Hall–Kier alpha value is -1.84. The second-order valence-electron chi connectivity index (χ2n) is 7.29. The van der Waals surface area contributed by atoms with Crippen molar-refractivity contribution in [1.82, 2.24) is 0 Å². The number of Topliss-reactive ketones (excluding diaryl/α,β-unsaturated/α-hetero) is 1. The first-order valence-electron chi connectivity index (χ1n) is 10.1. The topological polar surface area (TPSA) is 52.6 Å². The van der Waals surface area contributed by atoms with Crippen molar-refractivity contribution in [2.24, 2.45) is 11.8 Å². The summed E-state index contributed by atoms with van der Waals surface area (Å²) in [4.78, 5) is 23.6. The van der Waals surface area contributed by atoms with Gasteiger partial charge in [-0.1, -0.05) is 20.3 Å². The SMILES string of the molecule is CCCCC(=O)C1CCC(COc2ccc(OC(=O)CCC)cc2)CC1. The van der Waals surface area contributed by atoms with E-state index in [0.717, 1.165) is 57.1 Å². The number of ether oxygens (including phenoxy) is 2. The summed E-state index contributed by atoms with van der Waals surface area (Å²) in [5, 5.41) is 0. The highest BCUT2D eigenvalue weighted by atomic mass is 16.5. The van der Waals surface area contributed by atoms with E-state index < -0.39 is 0 Å². The van der Waals surface area contributed by atoms with Crippen molar-refractivity contribution in [3.63, 3.8) is 0 Å². The quantitative estimate of drug-likeness (QED) is 0.418. The molecule has 1 aromatic rings. The molecule has 0 bridgehead atoms. The number of rotatable bonds is 10. The van der Waals surface area contributed by atoms with Crippen LogP contribution >= 0.6 is 0 Å². The highest BCUT2D eigenvalue weighted by Gasteiger charge is 2.26. The van der Waals surface area contributed by atoms with E-state index in [1.54, 1.807) is 12.1 Å². The lowest BCUT2D eigenvalue weighted by molar-refractivity contribution is -0.134. The summed E-state index contributed by atoms with van der Waals surface area (Å²) in [5.74, 6) is 2.40. The molecule has 0 amide bonds. The number of ketones is 1. The van der Waals surface area contributed by atoms with Crippen molar-refractivity contribution in [3.8, 4) is 11.5 Å². The van der Waals surface area contributed by atoms with Gasteiger partial charge in [0, 0.05) is 18.8 Å². The predicted octanol–water partition coefficient (Wildman–Crippen LogP) is 5.34. The van der Waals surface area contributed by atoms with Crippen LogP contribution in [0.2, 0.25) is 0 Å². The zero-order valence-electron chi connectivity index (χ0n) is 16.2. The largest absolute Gasteiger partial charge is 0.493 e. The third kappa shape index (κ3) is 6.81. The monoisotopic (exact) mass is 360 g/mol. The zero-order chi connectivity index (χ0) is 18.8. The third-order valence-corrected chi connectivity index (χ3v) is 5.07. The van der Waals surface area contributed by atoms with E-state index in [0.29, 0.717) is 30.5 Å². The number of unbranched alkanes of at least 4 members (excludes halogenated alkanes) is 1. The fourth-order valence-corrected chi connectivity index (χ4v) is 3.41. The summed E-state index contributed by atoms with van der Waals surface area (Å²) < 4.78 is 11.1. The van der Waals surface area contributed by atoms with Crippen LogP contribution in [0.3, 0.4) is 0 Å². The lowest BCUT2D eigenvalue weighted by Crippen LogP contribution is -2.24. The molecule has 4 heteroatoms. The molecule has 0 unspecified atom stereocenters. The molecule has 0 aromatic heterocycles. The smallest absolute Gasteiger partial charge is 0.311 e. The van der Waals surface area contributed by atoms with E-state index in [-0.39, 0.29) is 11.9 Å². The molecule has 0 heterocycles. The van der Waals surface area contributed by atoms with Gasteiger partial charge in [-0.15, -0.1) is 0 Å². The van der Waals surface area contributed by atoms with Crippen molar-refractivity contribution in [2.75, 3.05) is 6.61 Å². The first kappa shape index (κ1) is 20.5. The predicted molar refractivity (Wildman–Crippen MR) is 102 cm³/mol. The lowest BCUT2D eigenvalue weighted by Gasteiger charge is -2.27. The zero-order valence-corrected chi connectivity index (χ0v) is 16.2. The molecule has 0 aliphatic heterocycles. The van der Waals surface area contributed by atoms with Crippen molar-refractivity contribution in [1.29, 1.82) is 0 Å². The molecule has 0 spiro atoms. The van der Waals surface area contributed by atoms with Gasteiger partial charge < -0.3 is 9.47 Å². The molecule has 1 aliphatic rings. The van der Waals surface area contributed by atoms with Crippen LogP contribution in [0, 0.1) is 11.8 Å². The van der Waals surface area contributed by atoms with Crippen LogP contribution in [0.1, 0.15) is 71.6 Å². The van der Waals surface area contributed by atoms with Crippen LogP contribution < -0.4 is 9.47 Å². The Morgan fingerprint density at radius 3 is 2.19 bits per heavy atom. The Labute approximate surface area is 157 Å². The van der Waals surface area contributed by atoms with Gasteiger partial charge in [-0.05, 0) is 68.7 Å². The van der Waals surface area contributed by atoms with Gasteiger partial charge in [-0.3, -0.25) is 9.59 Å². The minimum absolute atomic E-state index is 0.202. The molecular weight excluding hydrogens is 328 g/mol. The van der Waals surface area contributed by atoms with Gasteiger partial charge in [0.1, 0.15) is 17.3 Å². The van der Waals surface area contributed by atoms with Gasteiger partial charge in [0.25, 0.3) is 0 Å². The fourth-order valence-electron chi connectivity index (χ4n) is 3.41. The van der Waals surface area contributed by atoms with Crippen LogP contribution in [-0.2, 0) is 9.59 Å². The van der Waals surface area contributed by atoms with E-state index >= 15 is 0 Å². The first-order valence-corrected chi connectivity index (χ1v) is 10.1. The van der Waals surface area contributed by atoms with E-state index in [1.807, 2.05) is 19.1 Å². The van der Waals surface area contributed by atoms with E-state index in [1.165, 1.54) is 0 Å². The van der Waals surface area contributed by atoms with Crippen LogP contribution in [0.15, 0.2) is 24.3 Å². The molecule has 0 N–H and O–H groups in total. The van der Waals surface area contributed by atoms with Crippen molar-refractivity contribution < 1.29 is 19.1 Å². The number of hydrogen-bond acceptors (Lipinski definition) is 4. The average molecular weight is 360 g/mol. The van der Waals surface area contributed by atoms with Crippen LogP contribution in [0.5, 0.6) is 11.5 Å². The molecule has 0 radical (unpaired) electrons. The molecule has 1 aromatic carbocycles. The maximum Gasteiger partial charge on any atom is 0.311 e. The second-order valence-corrected chi connectivity index (χ2v) is 7.29. The fraction of sp³-hybridized carbons (Fsp3) is 0.636. The maximum absolute atomic E-state index is 12.1. The van der Waals surface area contributed by atoms with Crippen LogP contribution in [0.4, 0.5) is 0 Å². The molecule has 2 rings (SSSR count). The maximum atomic E-state index is 12.1. The van der Waals surface area contributed by atoms with Gasteiger partial charge in [0.05, 0.1) is 6.61 Å². The average Bonchev–Trinajstić information content (AvgIpc) is 2.66. The lowest BCUT2D eigenvalue weighted by atomic mass is 9.79. The van der Waals surface area contributed by atoms with Gasteiger partial charge in [-0.25, -0.2) is 0 Å². The van der Waals surface area contributed by atoms with E-state index in [9.17, 15) is 9.59 Å². The van der Waals surface area contributed by atoms with Gasteiger partial charge >= 0.3 is 5.97 Å². The molecule has 1 fully saturated rings. The minimum atomic E-state index is -0.202. The number of carbonyl (C=O) groups is 2. The molecule has 0 saturated heterocycles. The van der Waals surface area contributed by atoms with Crippen molar-refractivity contribution in [2.45, 2.75) is 71.6 Å². The summed E-state index contributed by atoms with van der Waals surface area (Å²) in [6.45, 7) is 4.76. The van der Waals surface area contributed by atoms with E-state index in [2.05, 4.69) is 6.92 Å². The molecule has 26 heavy (non-hydrogen) atoms. The summed E-state index contributed by atoms with van der Waals surface area (Å²) in [6, 6.07) is 7.22. The van der Waals surface area contributed by atoms with Crippen LogP contribution in [-0.4, -0.2) is 18.4 Å². The Morgan fingerprint density at radius 1 is 0.923 bits per heavy atom. The summed E-state index contributed by atoms with van der Waals surface area (Å²) in [6.07, 6.45) is 8.21. The minimum Gasteiger partial charge on any atom is -0.493 e. The number of benzene rings is 1. The molecule has 4 nitrogen and oxygen atoms in total.